The maximum absolute atomic E-state index is 6.42. The van der Waals surface area contributed by atoms with Gasteiger partial charge in [0, 0.05) is 11.6 Å². The van der Waals surface area contributed by atoms with Crippen LogP contribution in [0.25, 0.3) is 0 Å². The first-order valence-electron chi connectivity index (χ1n) is 6.58. The highest BCUT2D eigenvalue weighted by Crippen LogP contribution is 2.33. The van der Waals surface area contributed by atoms with Gasteiger partial charge in [0.15, 0.2) is 0 Å². The van der Waals surface area contributed by atoms with E-state index in [0.717, 1.165) is 22.6 Å². The SMILES string of the molecule is COc1ccc(C)cc1C(N)c1c(Cl)cnn1C(C)C. The summed E-state index contributed by atoms with van der Waals surface area (Å²) in [5.74, 6) is 0.760. The van der Waals surface area contributed by atoms with Gasteiger partial charge >= 0.3 is 0 Å². The summed E-state index contributed by atoms with van der Waals surface area (Å²) in [5.41, 5.74) is 9.27. The van der Waals surface area contributed by atoms with Crippen LogP contribution in [-0.4, -0.2) is 16.9 Å². The van der Waals surface area contributed by atoms with Crippen molar-refractivity contribution < 1.29 is 4.74 Å². The van der Waals surface area contributed by atoms with Crippen molar-refractivity contribution in [2.24, 2.45) is 5.73 Å². The topological polar surface area (TPSA) is 53.1 Å². The van der Waals surface area contributed by atoms with Crippen molar-refractivity contribution in [2.75, 3.05) is 7.11 Å². The summed E-state index contributed by atoms with van der Waals surface area (Å²) in [5, 5.41) is 4.88. The number of hydrogen-bond acceptors (Lipinski definition) is 3. The van der Waals surface area contributed by atoms with Crippen molar-refractivity contribution in [3.05, 3.63) is 46.2 Å². The zero-order chi connectivity index (χ0) is 14.9. The van der Waals surface area contributed by atoms with Crippen LogP contribution in [0.5, 0.6) is 5.75 Å². The van der Waals surface area contributed by atoms with Crippen LogP contribution < -0.4 is 10.5 Å². The molecule has 1 heterocycles. The Morgan fingerprint density at radius 1 is 1.35 bits per heavy atom. The second-order valence-corrected chi connectivity index (χ2v) is 5.55. The van der Waals surface area contributed by atoms with E-state index in [0.29, 0.717) is 5.02 Å². The van der Waals surface area contributed by atoms with Crippen molar-refractivity contribution in [3.63, 3.8) is 0 Å². The quantitative estimate of drug-likeness (QED) is 0.939. The smallest absolute Gasteiger partial charge is 0.124 e. The molecule has 108 valence electrons. The molecule has 0 radical (unpaired) electrons. The Hall–Kier alpha value is -1.52. The lowest BCUT2D eigenvalue weighted by Gasteiger charge is -2.20. The first-order valence-corrected chi connectivity index (χ1v) is 6.96. The molecule has 0 aliphatic heterocycles. The molecule has 0 spiro atoms. The summed E-state index contributed by atoms with van der Waals surface area (Å²) in [6.07, 6.45) is 1.64. The lowest BCUT2D eigenvalue weighted by atomic mass is 10.0. The zero-order valence-electron chi connectivity index (χ0n) is 12.2. The maximum Gasteiger partial charge on any atom is 0.124 e. The highest BCUT2D eigenvalue weighted by Gasteiger charge is 2.22. The molecule has 0 saturated carbocycles. The van der Waals surface area contributed by atoms with Crippen LogP contribution in [-0.2, 0) is 0 Å². The van der Waals surface area contributed by atoms with Gasteiger partial charge in [-0.15, -0.1) is 0 Å². The molecule has 5 heteroatoms. The normalized spacial score (nSPS) is 12.8. The van der Waals surface area contributed by atoms with E-state index in [1.54, 1.807) is 13.3 Å². The average Bonchev–Trinajstić information content (AvgIpc) is 2.80. The molecule has 1 aromatic heterocycles. The lowest BCUT2D eigenvalue weighted by Crippen LogP contribution is -2.20. The number of methoxy groups -OCH3 is 1. The summed E-state index contributed by atoms with van der Waals surface area (Å²) in [7, 11) is 1.64. The minimum atomic E-state index is -0.373. The van der Waals surface area contributed by atoms with E-state index in [9.17, 15) is 0 Å². The van der Waals surface area contributed by atoms with Gasteiger partial charge in [-0.25, -0.2) is 0 Å². The van der Waals surface area contributed by atoms with E-state index in [1.165, 1.54) is 0 Å². The van der Waals surface area contributed by atoms with Crippen LogP contribution >= 0.6 is 11.6 Å². The molecule has 0 bridgehead atoms. The van der Waals surface area contributed by atoms with Gasteiger partial charge < -0.3 is 10.5 Å². The predicted molar refractivity (Wildman–Crippen MR) is 81.4 cm³/mol. The fourth-order valence-electron chi connectivity index (χ4n) is 2.30. The standard InChI is InChI=1S/C15H20ClN3O/c1-9(2)19-15(12(16)8-18-19)14(17)11-7-10(3)5-6-13(11)20-4/h5-9,14H,17H2,1-4H3. The predicted octanol–water partition coefficient (Wildman–Crippen LogP) is 3.48. The molecule has 2 aromatic rings. The van der Waals surface area contributed by atoms with Crippen molar-refractivity contribution in [1.29, 1.82) is 0 Å². The lowest BCUT2D eigenvalue weighted by molar-refractivity contribution is 0.405. The average molecular weight is 294 g/mol. The molecule has 2 N–H and O–H groups in total. The molecular weight excluding hydrogens is 274 g/mol. The van der Waals surface area contributed by atoms with Gasteiger partial charge in [-0.3, -0.25) is 4.68 Å². The molecule has 0 aliphatic rings. The first-order chi connectivity index (χ1) is 9.45. The number of benzene rings is 1. The zero-order valence-corrected chi connectivity index (χ0v) is 13.0. The number of aryl methyl sites for hydroxylation is 1. The van der Waals surface area contributed by atoms with E-state index in [2.05, 4.69) is 5.10 Å². The molecule has 2 rings (SSSR count). The number of hydrogen-bond donors (Lipinski definition) is 1. The van der Waals surface area contributed by atoms with Crippen LogP contribution in [0.15, 0.2) is 24.4 Å². The molecule has 4 nitrogen and oxygen atoms in total. The van der Waals surface area contributed by atoms with E-state index in [-0.39, 0.29) is 12.1 Å². The van der Waals surface area contributed by atoms with E-state index in [1.807, 2.05) is 43.7 Å². The van der Waals surface area contributed by atoms with E-state index in [4.69, 9.17) is 22.1 Å². The molecule has 1 aromatic carbocycles. The summed E-state index contributed by atoms with van der Waals surface area (Å²) < 4.78 is 7.26. The van der Waals surface area contributed by atoms with Gasteiger partial charge in [-0.2, -0.15) is 5.10 Å². The van der Waals surface area contributed by atoms with E-state index >= 15 is 0 Å². The summed E-state index contributed by atoms with van der Waals surface area (Å²) in [6.45, 7) is 6.12. The summed E-state index contributed by atoms with van der Waals surface area (Å²) in [4.78, 5) is 0. The fraction of sp³-hybridized carbons (Fsp3) is 0.400. The molecule has 0 aliphatic carbocycles. The van der Waals surface area contributed by atoms with Crippen molar-refractivity contribution in [1.82, 2.24) is 9.78 Å². The molecule has 20 heavy (non-hydrogen) atoms. The third kappa shape index (κ3) is 2.67. The minimum Gasteiger partial charge on any atom is -0.496 e. The largest absolute Gasteiger partial charge is 0.496 e. The Bertz CT molecular complexity index is 607. The van der Waals surface area contributed by atoms with Crippen LogP contribution in [0.4, 0.5) is 0 Å². The number of rotatable bonds is 4. The fourth-order valence-corrected chi connectivity index (χ4v) is 2.55. The monoisotopic (exact) mass is 293 g/mol. The Labute approximate surface area is 124 Å². The number of nitrogens with zero attached hydrogens (tertiary/aromatic N) is 2. The molecule has 0 fully saturated rings. The van der Waals surface area contributed by atoms with Gasteiger partial charge in [0.25, 0.3) is 0 Å². The molecule has 0 amide bonds. The van der Waals surface area contributed by atoms with Crippen LogP contribution in [0.2, 0.25) is 5.02 Å². The molecular formula is C15H20ClN3O. The van der Waals surface area contributed by atoms with Gasteiger partial charge in [-0.05, 0) is 26.8 Å². The number of halogens is 1. The van der Waals surface area contributed by atoms with Gasteiger partial charge in [0.05, 0.1) is 30.1 Å². The summed E-state index contributed by atoms with van der Waals surface area (Å²) in [6, 6.07) is 5.77. The Morgan fingerprint density at radius 2 is 2.05 bits per heavy atom. The van der Waals surface area contributed by atoms with Gasteiger partial charge in [0.2, 0.25) is 0 Å². The van der Waals surface area contributed by atoms with Crippen LogP contribution in [0.3, 0.4) is 0 Å². The molecule has 1 atom stereocenters. The van der Waals surface area contributed by atoms with Gasteiger partial charge in [0.1, 0.15) is 5.75 Å². The number of nitrogens with two attached hydrogens (primary N) is 1. The maximum atomic E-state index is 6.42. The third-order valence-electron chi connectivity index (χ3n) is 3.29. The highest BCUT2D eigenvalue weighted by atomic mass is 35.5. The second-order valence-electron chi connectivity index (χ2n) is 5.14. The second kappa shape index (κ2) is 5.85. The van der Waals surface area contributed by atoms with Crippen molar-refractivity contribution in [3.8, 4) is 5.75 Å². The first kappa shape index (κ1) is 14.9. The van der Waals surface area contributed by atoms with Crippen molar-refractivity contribution >= 4 is 11.6 Å². The number of ether oxygens (including phenoxy) is 1. The number of aromatic nitrogens is 2. The highest BCUT2D eigenvalue weighted by molar-refractivity contribution is 6.31. The third-order valence-corrected chi connectivity index (χ3v) is 3.58. The minimum absolute atomic E-state index is 0.194. The Morgan fingerprint density at radius 3 is 2.65 bits per heavy atom. The molecule has 1 unspecified atom stereocenters. The summed E-state index contributed by atoms with van der Waals surface area (Å²) >= 11 is 6.26. The van der Waals surface area contributed by atoms with Gasteiger partial charge in [-0.1, -0.05) is 29.3 Å². The Kier molecular flexibility index (Phi) is 4.35. The van der Waals surface area contributed by atoms with Crippen LogP contribution in [0.1, 0.15) is 42.8 Å². The van der Waals surface area contributed by atoms with E-state index < -0.39 is 0 Å². The Balaban J connectivity index is 2.54. The van der Waals surface area contributed by atoms with Crippen molar-refractivity contribution in [2.45, 2.75) is 32.9 Å². The van der Waals surface area contributed by atoms with Crippen LogP contribution in [0, 0.1) is 6.92 Å². The molecule has 0 saturated heterocycles.